The highest BCUT2D eigenvalue weighted by molar-refractivity contribution is 5.66. The van der Waals surface area contributed by atoms with Gasteiger partial charge in [0, 0.05) is 20.6 Å². The zero-order chi connectivity index (χ0) is 20.8. The van der Waals surface area contributed by atoms with Crippen LogP contribution >= 0.6 is 0 Å². The Labute approximate surface area is 177 Å². The van der Waals surface area contributed by atoms with Gasteiger partial charge >= 0.3 is 5.97 Å². The molecule has 0 unspecified atom stereocenters. The molecule has 4 saturated carbocycles. The number of ether oxygens (including phenoxy) is 2. The average Bonchev–Trinajstić information content (AvgIpc) is 3.03. The number of carboxylic acids is 1. The van der Waals surface area contributed by atoms with Gasteiger partial charge in [-0.1, -0.05) is 13.8 Å². The molecule has 0 saturated heterocycles. The molecule has 29 heavy (non-hydrogen) atoms. The van der Waals surface area contributed by atoms with Crippen molar-refractivity contribution >= 4 is 5.97 Å². The van der Waals surface area contributed by atoms with Crippen LogP contribution in [-0.2, 0) is 14.3 Å². The van der Waals surface area contributed by atoms with Crippen LogP contribution in [0.2, 0.25) is 0 Å². The van der Waals surface area contributed by atoms with Crippen LogP contribution in [-0.4, -0.2) is 37.5 Å². The second-order valence-electron chi connectivity index (χ2n) is 11.2. The lowest BCUT2D eigenvalue weighted by molar-refractivity contribution is -0.182. The summed E-state index contributed by atoms with van der Waals surface area (Å²) < 4.78 is 12.0. The molecule has 4 rings (SSSR count). The van der Waals surface area contributed by atoms with Crippen molar-refractivity contribution in [1.82, 2.24) is 0 Å². The molecule has 0 radical (unpaired) electrons. The SMILES string of the molecule is CO[C@@H]1CC[C@@]2(C)[C@@H](C1)C[C@H](OC)[C@@H]1[C@@H]2CC[C@]2(C)[C@@H](CCCC(=O)O)CC[C@@H]12. The largest absolute Gasteiger partial charge is 0.481 e. The Hall–Kier alpha value is -0.610. The quantitative estimate of drug-likeness (QED) is 0.629. The number of aliphatic carboxylic acids is 1. The van der Waals surface area contributed by atoms with Gasteiger partial charge in [0.1, 0.15) is 0 Å². The molecule has 0 spiro atoms. The summed E-state index contributed by atoms with van der Waals surface area (Å²) in [6.07, 6.45) is 13.2. The first kappa shape index (κ1) is 21.6. The van der Waals surface area contributed by atoms with E-state index in [1.165, 1.54) is 51.4 Å². The van der Waals surface area contributed by atoms with Gasteiger partial charge in [-0.15, -0.1) is 0 Å². The molecule has 0 bridgehead atoms. The number of rotatable bonds is 6. The molecule has 166 valence electrons. The Morgan fingerprint density at radius 2 is 1.69 bits per heavy atom. The Kier molecular flexibility index (Phi) is 6.07. The zero-order valence-electron chi connectivity index (χ0n) is 19.0. The maximum atomic E-state index is 11.0. The monoisotopic (exact) mass is 406 g/mol. The second-order valence-corrected chi connectivity index (χ2v) is 11.2. The number of carboxylic acid groups (broad SMARTS) is 1. The fourth-order valence-electron chi connectivity index (χ4n) is 8.70. The lowest BCUT2D eigenvalue weighted by Crippen LogP contribution is -2.59. The van der Waals surface area contributed by atoms with E-state index in [2.05, 4.69) is 13.8 Å². The summed E-state index contributed by atoms with van der Waals surface area (Å²) in [6, 6.07) is 0. The Balaban J connectivity index is 1.54. The molecule has 0 heterocycles. The van der Waals surface area contributed by atoms with Gasteiger partial charge in [-0.2, -0.15) is 0 Å². The summed E-state index contributed by atoms with van der Waals surface area (Å²) in [5, 5.41) is 9.05. The first-order chi connectivity index (χ1) is 13.8. The summed E-state index contributed by atoms with van der Waals surface area (Å²) in [5.41, 5.74) is 0.820. The highest BCUT2D eigenvalue weighted by Gasteiger charge is 2.62. The molecule has 4 heteroatoms. The topological polar surface area (TPSA) is 55.8 Å². The number of fused-ring (bicyclic) bond motifs is 5. The van der Waals surface area contributed by atoms with E-state index in [-0.39, 0.29) is 0 Å². The van der Waals surface area contributed by atoms with Crippen molar-refractivity contribution in [3.63, 3.8) is 0 Å². The standard InChI is InChI=1S/C25H42O4/c1-24-13-11-20-23(19(24)9-8-16(24)6-5-7-22(26)27)21(29-4)15-17-14-18(28-3)10-12-25(17,20)2/h16-21,23H,5-15H2,1-4H3,(H,26,27)/t16-,17-,18+,19-,20-,21-,23-,24+,25-/m0/s1. The molecule has 0 amide bonds. The molecule has 4 aliphatic carbocycles. The van der Waals surface area contributed by atoms with Crippen LogP contribution in [0, 0.1) is 40.4 Å². The van der Waals surface area contributed by atoms with Crippen molar-refractivity contribution < 1.29 is 19.4 Å². The van der Waals surface area contributed by atoms with Crippen molar-refractivity contribution in [2.24, 2.45) is 40.4 Å². The maximum Gasteiger partial charge on any atom is 0.303 e. The molecule has 0 aromatic rings. The van der Waals surface area contributed by atoms with Crippen LogP contribution in [0.1, 0.15) is 84.5 Å². The van der Waals surface area contributed by atoms with Gasteiger partial charge in [0.15, 0.2) is 0 Å². The van der Waals surface area contributed by atoms with Crippen molar-refractivity contribution in [2.45, 2.75) is 96.7 Å². The van der Waals surface area contributed by atoms with E-state index in [0.717, 1.165) is 30.6 Å². The van der Waals surface area contributed by atoms with Gasteiger partial charge in [-0.25, -0.2) is 0 Å². The first-order valence-corrected chi connectivity index (χ1v) is 12.1. The fourth-order valence-corrected chi connectivity index (χ4v) is 8.70. The fraction of sp³-hybridized carbons (Fsp3) is 0.960. The Morgan fingerprint density at radius 1 is 0.966 bits per heavy atom. The van der Waals surface area contributed by atoms with E-state index < -0.39 is 5.97 Å². The molecule has 4 nitrogen and oxygen atoms in total. The van der Waals surface area contributed by atoms with Crippen LogP contribution in [0.5, 0.6) is 0 Å². The van der Waals surface area contributed by atoms with Crippen LogP contribution in [0.15, 0.2) is 0 Å². The van der Waals surface area contributed by atoms with Crippen LogP contribution in [0.3, 0.4) is 0 Å². The van der Waals surface area contributed by atoms with Gasteiger partial charge in [0.25, 0.3) is 0 Å². The molecule has 0 aromatic carbocycles. The van der Waals surface area contributed by atoms with Crippen LogP contribution < -0.4 is 0 Å². The molecule has 9 atom stereocenters. The van der Waals surface area contributed by atoms with E-state index in [1.54, 1.807) is 0 Å². The van der Waals surface area contributed by atoms with E-state index in [1.807, 2.05) is 14.2 Å². The summed E-state index contributed by atoms with van der Waals surface area (Å²) in [7, 11) is 3.81. The van der Waals surface area contributed by atoms with E-state index in [0.29, 0.717) is 41.3 Å². The third kappa shape index (κ3) is 3.56. The minimum Gasteiger partial charge on any atom is -0.481 e. The van der Waals surface area contributed by atoms with Crippen molar-refractivity contribution in [1.29, 1.82) is 0 Å². The maximum absolute atomic E-state index is 11.0. The predicted octanol–water partition coefficient (Wildman–Crippen LogP) is 5.54. The predicted molar refractivity (Wildman–Crippen MR) is 114 cm³/mol. The third-order valence-electron chi connectivity index (χ3n) is 10.4. The van der Waals surface area contributed by atoms with Crippen molar-refractivity contribution in [2.75, 3.05) is 14.2 Å². The third-order valence-corrected chi connectivity index (χ3v) is 10.4. The van der Waals surface area contributed by atoms with Crippen molar-refractivity contribution in [3.8, 4) is 0 Å². The lowest BCUT2D eigenvalue weighted by Gasteiger charge is -2.63. The molecule has 0 aliphatic heterocycles. The van der Waals surface area contributed by atoms with Gasteiger partial charge in [-0.3, -0.25) is 4.79 Å². The summed E-state index contributed by atoms with van der Waals surface area (Å²) in [6.45, 7) is 5.13. The van der Waals surface area contributed by atoms with Gasteiger partial charge in [-0.05, 0) is 105 Å². The second kappa shape index (κ2) is 8.15. The number of carbonyl (C=O) groups is 1. The molecule has 4 aliphatic rings. The summed E-state index contributed by atoms with van der Waals surface area (Å²) in [5.74, 6) is 2.98. The highest BCUT2D eigenvalue weighted by atomic mass is 16.5. The van der Waals surface area contributed by atoms with Crippen molar-refractivity contribution in [3.05, 3.63) is 0 Å². The molecule has 0 aromatic heterocycles. The highest BCUT2D eigenvalue weighted by Crippen LogP contribution is 2.68. The average molecular weight is 407 g/mol. The molecular formula is C25H42O4. The number of hydrogen-bond donors (Lipinski definition) is 1. The van der Waals surface area contributed by atoms with Gasteiger partial charge < -0.3 is 14.6 Å². The molecule has 4 fully saturated rings. The van der Waals surface area contributed by atoms with Crippen LogP contribution in [0.4, 0.5) is 0 Å². The lowest BCUT2D eigenvalue weighted by atomic mass is 9.44. The number of hydrogen-bond acceptors (Lipinski definition) is 3. The summed E-state index contributed by atoms with van der Waals surface area (Å²) in [4.78, 5) is 11.0. The first-order valence-electron chi connectivity index (χ1n) is 12.1. The smallest absolute Gasteiger partial charge is 0.303 e. The van der Waals surface area contributed by atoms with Crippen LogP contribution in [0.25, 0.3) is 0 Å². The van der Waals surface area contributed by atoms with E-state index in [9.17, 15) is 4.79 Å². The minimum atomic E-state index is -0.647. The Bertz CT molecular complexity index is 606. The van der Waals surface area contributed by atoms with Gasteiger partial charge in [0.2, 0.25) is 0 Å². The molecular weight excluding hydrogens is 364 g/mol. The van der Waals surface area contributed by atoms with Gasteiger partial charge in [0.05, 0.1) is 12.2 Å². The van der Waals surface area contributed by atoms with E-state index >= 15 is 0 Å². The zero-order valence-corrected chi connectivity index (χ0v) is 19.0. The Morgan fingerprint density at radius 3 is 2.38 bits per heavy atom. The normalized spacial score (nSPS) is 49.2. The minimum absolute atomic E-state index is 0.324. The molecule has 1 N–H and O–H groups in total. The summed E-state index contributed by atoms with van der Waals surface area (Å²) >= 11 is 0. The van der Waals surface area contributed by atoms with E-state index in [4.69, 9.17) is 14.6 Å². The number of methoxy groups -OCH3 is 2.